The van der Waals surface area contributed by atoms with Crippen molar-refractivity contribution in [2.45, 2.75) is 32.5 Å². The lowest BCUT2D eigenvalue weighted by Gasteiger charge is -2.22. The second-order valence-electron chi connectivity index (χ2n) is 3.91. The molecule has 0 aliphatic carbocycles. The lowest BCUT2D eigenvalue weighted by molar-refractivity contribution is -0.177. The first-order valence-corrected chi connectivity index (χ1v) is 4.55. The third-order valence-corrected chi connectivity index (χ3v) is 1.25. The SMILES string of the molecule is CC(C)(C)OC(=O)C(OCCN)C(=O)O. The first-order valence-electron chi connectivity index (χ1n) is 4.55. The lowest BCUT2D eigenvalue weighted by atomic mass is 10.2. The fourth-order valence-corrected chi connectivity index (χ4v) is 0.781. The highest BCUT2D eigenvalue weighted by Crippen LogP contribution is 2.09. The Morgan fingerprint density at radius 1 is 1.40 bits per heavy atom. The third-order valence-electron chi connectivity index (χ3n) is 1.25. The van der Waals surface area contributed by atoms with Crippen LogP contribution in [0.2, 0.25) is 0 Å². The van der Waals surface area contributed by atoms with E-state index in [1.807, 2.05) is 0 Å². The molecule has 0 spiro atoms. The van der Waals surface area contributed by atoms with E-state index < -0.39 is 23.6 Å². The van der Waals surface area contributed by atoms with E-state index in [0.29, 0.717) is 0 Å². The highest BCUT2D eigenvalue weighted by Gasteiger charge is 2.31. The lowest BCUT2D eigenvalue weighted by Crippen LogP contribution is -2.39. The Bertz CT molecular complexity index is 233. The standard InChI is InChI=1S/C9H17NO5/c1-9(2,3)15-8(13)6(7(11)12)14-5-4-10/h6H,4-5,10H2,1-3H3,(H,11,12). The molecule has 3 N–H and O–H groups in total. The summed E-state index contributed by atoms with van der Waals surface area (Å²) >= 11 is 0. The van der Waals surface area contributed by atoms with Crippen molar-refractivity contribution in [2.24, 2.45) is 5.73 Å². The minimum atomic E-state index is -1.60. The van der Waals surface area contributed by atoms with Gasteiger partial charge in [0.1, 0.15) is 5.60 Å². The molecule has 0 aromatic rings. The maximum atomic E-state index is 11.3. The summed E-state index contributed by atoms with van der Waals surface area (Å²) in [6.07, 6.45) is -1.60. The second kappa shape index (κ2) is 5.67. The van der Waals surface area contributed by atoms with Crippen LogP contribution < -0.4 is 5.73 Å². The molecule has 0 aromatic carbocycles. The Balaban J connectivity index is 4.36. The van der Waals surface area contributed by atoms with Crippen molar-refractivity contribution in [2.75, 3.05) is 13.2 Å². The van der Waals surface area contributed by atoms with Gasteiger partial charge in [-0.2, -0.15) is 0 Å². The van der Waals surface area contributed by atoms with E-state index in [4.69, 9.17) is 20.3 Å². The number of hydrogen-bond donors (Lipinski definition) is 2. The normalized spacial score (nSPS) is 13.3. The van der Waals surface area contributed by atoms with E-state index in [9.17, 15) is 9.59 Å². The summed E-state index contributed by atoms with van der Waals surface area (Å²) in [6.45, 7) is 5.08. The van der Waals surface area contributed by atoms with Crippen molar-refractivity contribution < 1.29 is 24.2 Å². The van der Waals surface area contributed by atoms with Crippen LogP contribution in [0.25, 0.3) is 0 Å². The first-order chi connectivity index (χ1) is 6.78. The van der Waals surface area contributed by atoms with Gasteiger partial charge in [0.2, 0.25) is 0 Å². The van der Waals surface area contributed by atoms with E-state index in [-0.39, 0.29) is 13.2 Å². The molecule has 0 aliphatic rings. The number of rotatable bonds is 5. The molecular weight excluding hydrogens is 202 g/mol. The number of aliphatic carboxylic acids is 1. The fraction of sp³-hybridized carbons (Fsp3) is 0.778. The zero-order valence-electron chi connectivity index (χ0n) is 9.15. The average molecular weight is 219 g/mol. The van der Waals surface area contributed by atoms with Crippen molar-refractivity contribution in [3.8, 4) is 0 Å². The molecule has 0 amide bonds. The Labute approximate surface area is 88.3 Å². The monoisotopic (exact) mass is 219 g/mol. The van der Waals surface area contributed by atoms with Crippen LogP contribution in [0, 0.1) is 0 Å². The van der Waals surface area contributed by atoms with Gasteiger partial charge in [-0.3, -0.25) is 0 Å². The predicted molar refractivity (Wildman–Crippen MR) is 52.3 cm³/mol. The summed E-state index contributed by atoms with van der Waals surface area (Å²) in [7, 11) is 0. The molecule has 0 heterocycles. The topological polar surface area (TPSA) is 98.9 Å². The molecule has 1 atom stereocenters. The molecule has 0 rings (SSSR count). The number of ether oxygens (including phenoxy) is 2. The maximum absolute atomic E-state index is 11.3. The molecule has 0 aromatic heterocycles. The molecule has 1 unspecified atom stereocenters. The van der Waals surface area contributed by atoms with Crippen molar-refractivity contribution in [3.05, 3.63) is 0 Å². The molecular formula is C9H17NO5. The van der Waals surface area contributed by atoms with E-state index in [0.717, 1.165) is 0 Å². The minimum absolute atomic E-state index is 0.00376. The van der Waals surface area contributed by atoms with Gasteiger partial charge in [0.15, 0.2) is 0 Å². The molecule has 0 bridgehead atoms. The van der Waals surface area contributed by atoms with E-state index in [2.05, 4.69) is 0 Å². The summed E-state index contributed by atoms with van der Waals surface area (Å²) in [4.78, 5) is 22.0. The first kappa shape index (κ1) is 13.9. The van der Waals surface area contributed by atoms with Gasteiger partial charge in [0.05, 0.1) is 6.61 Å². The van der Waals surface area contributed by atoms with Gasteiger partial charge < -0.3 is 20.3 Å². The second-order valence-corrected chi connectivity index (χ2v) is 3.91. The van der Waals surface area contributed by atoms with Gasteiger partial charge in [-0.1, -0.05) is 0 Å². The summed E-state index contributed by atoms with van der Waals surface area (Å²) in [5, 5.41) is 8.70. The smallest absolute Gasteiger partial charge is 0.347 e. The fourth-order valence-electron chi connectivity index (χ4n) is 0.781. The summed E-state index contributed by atoms with van der Waals surface area (Å²) in [6, 6.07) is 0. The van der Waals surface area contributed by atoms with Gasteiger partial charge in [0.25, 0.3) is 6.10 Å². The molecule has 0 radical (unpaired) electrons. The van der Waals surface area contributed by atoms with Gasteiger partial charge in [-0.25, -0.2) is 9.59 Å². The molecule has 6 nitrogen and oxygen atoms in total. The van der Waals surface area contributed by atoms with Crippen molar-refractivity contribution in [3.63, 3.8) is 0 Å². The van der Waals surface area contributed by atoms with Crippen molar-refractivity contribution >= 4 is 11.9 Å². The number of nitrogens with two attached hydrogens (primary N) is 1. The van der Waals surface area contributed by atoms with Gasteiger partial charge in [-0.15, -0.1) is 0 Å². The number of carboxylic acids is 1. The predicted octanol–water partition coefficient (Wildman–Crippen LogP) is -0.243. The minimum Gasteiger partial charge on any atom is -0.479 e. The number of hydrogen-bond acceptors (Lipinski definition) is 5. The van der Waals surface area contributed by atoms with Gasteiger partial charge in [0, 0.05) is 6.54 Å². The van der Waals surface area contributed by atoms with Crippen molar-refractivity contribution in [1.29, 1.82) is 0 Å². The van der Waals surface area contributed by atoms with Crippen LogP contribution in [-0.4, -0.2) is 41.9 Å². The zero-order chi connectivity index (χ0) is 12.1. The van der Waals surface area contributed by atoms with Crippen LogP contribution in [0.3, 0.4) is 0 Å². The molecule has 0 fully saturated rings. The third kappa shape index (κ3) is 6.03. The molecule has 0 saturated carbocycles. The molecule has 0 saturated heterocycles. The van der Waals surface area contributed by atoms with Crippen LogP contribution in [0.1, 0.15) is 20.8 Å². The van der Waals surface area contributed by atoms with Crippen LogP contribution >= 0.6 is 0 Å². The molecule has 15 heavy (non-hydrogen) atoms. The number of carbonyl (C=O) groups is 2. The number of carboxylic acid groups (broad SMARTS) is 1. The van der Waals surface area contributed by atoms with Crippen LogP contribution in [0.5, 0.6) is 0 Å². The number of esters is 1. The van der Waals surface area contributed by atoms with Gasteiger partial charge >= 0.3 is 11.9 Å². The van der Waals surface area contributed by atoms with Crippen molar-refractivity contribution in [1.82, 2.24) is 0 Å². The Kier molecular flexibility index (Phi) is 5.24. The largest absolute Gasteiger partial charge is 0.479 e. The molecule has 6 heteroatoms. The maximum Gasteiger partial charge on any atom is 0.347 e. The Morgan fingerprint density at radius 2 is 1.93 bits per heavy atom. The number of carbonyl (C=O) groups excluding carboxylic acids is 1. The van der Waals surface area contributed by atoms with Gasteiger partial charge in [-0.05, 0) is 20.8 Å². The average Bonchev–Trinajstić information content (AvgIpc) is 2.00. The molecule has 88 valence electrons. The zero-order valence-corrected chi connectivity index (χ0v) is 9.15. The Morgan fingerprint density at radius 3 is 2.27 bits per heavy atom. The Hall–Kier alpha value is -1.14. The summed E-state index contributed by atoms with van der Waals surface area (Å²) in [5.74, 6) is -2.29. The highest BCUT2D eigenvalue weighted by atomic mass is 16.6. The molecule has 0 aliphatic heterocycles. The highest BCUT2D eigenvalue weighted by molar-refractivity contribution is 5.97. The van der Waals surface area contributed by atoms with E-state index >= 15 is 0 Å². The van der Waals surface area contributed by atoms with E-state index in [1.54, 1.807) is 20.8 Å². The van der Waals surface area contributed by atoms with E-state index in [1.165, 1.54) is 0 Å². The quantitative estimate of drug-likeness (QED) is 0.489. The van der Waals surface area contributed by atoms with Crippen LogP contribution in [0.4, 0.5) is 0 Å². The summed E-state index contributed by atoms with van der Waals surface area (Å²) < 4.78 is 9.63. The summed E-state index contributed by atoms with van der Waals surface area (Å²) in [5.41, 5.74) is 4.40. The van der Waals surface area contributed by atoms with Crippen LogP contribution in [0.15, 0.2) is 0 Å². The van der Waals surface area contributed by atoms with Crippen LogP contribution in [-0.2, 0) is 19.1 Å².